The van der Waals surface area contributed by atoms with Crippen LogP contribution in [0.4, 0.5) is 0 Å². The van der Waals surface area contributed by atoms with Crippen molar-refractivity contribution >= 4 is 29.9 Å². The highest BCUT2D eigenvalue weighted by Crippen LogP contribution is 1.82. The van der Waals surface area contributed by atoms with Gasteiger partial charge in [0.15, 0.2) is 5.96 Å². The standard InChI is InChI=1S/C12H28N4O.HI/c1-5-17-11-7-9-15-12(13-2)14-8-6-10-16(3)4;/h5-11H2,1-4H3,(H2,13,14,15);1H. The lowest BCUT2D eigenvalue weighted by atomic mass is 10.4. The quantitative estimate of drug-likeness (QED) is 0.276. The van der Waals surface area contributed by atoms with E-state index in [1.807, 2.05) is 6.92 Å². The molecule has 110 valence electrons. The van der Waals surface area contributed by atoms with Crippen LogP contribution in [0, 0.1) is 0 Å². The maximum absolute atomic E-state index is 5.27. The highest BCUT2D eigenvalue weighted by atomic mass is 127. The maximum Gasteiger partial charge on any atom is 0.190 e. The lowest BCUT2D eigenvalue weighted by molar-refractivity contribution is 0.145. The molecule has 0 bridgehead atoms. The molecule has 0 aromatic rings. The first-order valence-corrected chi connectivity index (χ1v) is 6.37. The SMILES string of the molecule is CCOCCCNC(=NC)NCCCN(C)C.I. The molecule has 0 heterocycles. The highest BCUT2D eigenvalue weighted by Gasteiger charge is 1.96. The Morgan fingerprint density at radius 3 is 2.28 bits per heavy atom. The van der Waals surface area contributed by atoms with Gasteiger partial charge in [0.25, 0.3) is 0 Å². The Morgan fingerprint density at radius 1 is 1.17 bits per heavy atom. The van der Waals surface area contributed by atoms with Gasteiger partial charge >= 0.3 is 0 Å². The summed E-state index contributed by atoms with van der Waals surface area (Å²) in [6.07, 6.45) is 2.12. The average molecular weight is 372 g/mol. The minimum absolute atomic E-state index is 0. The van der Waals surface area contributed by atoms with Crippen LogP contribution in [0.15, 0.2) is 4.99 Å². The molecular formula is C12H29IN4O. The minimum Gasteiger partial charge on any atom is -0.382 e. The van der Waals surface area contributed by atoms with E-state index >= 15 is 0 Å². The fourth-order valence-electron chi connectivity index (χ4n) is 1.35. The largest absolute Gasteiger partial charge is 0.382 e. The van der Waals surface area contributed by atoms with Gasteiger partial charge in [0.1, 0.15) is 0 Å². The van der Waals surface area contributed by atoms with Crippen LogP contribution in [0.2, 0.25) is 0 Å². The summed E-state index contributed by atoms with van der Waals surface area (Å²) in [4.78, 5) is 6.34. The molecule has 5 nitrogen and oxygen atoms in total. The summed E-state index contributed by atoms with van der Waals surface area (Å²) in [5, 5.41) is 6.55. The van der Waals surface area contributed by atoms with Gasteiger partial charge in [0.05, 0.1) is 0 Å². The van der Waals surface area contributed by atoms with Crippen molar-refractivity contribution in [3.8, 4) is 0 Å². The molecule has 0 unspecified atom stereocenters. The Labute approximate surface area is 129 Å². The molecule has 0 spiro atoms. The molecule has 0 fully saturated rings. The molecule has 0 aromatic heterocycles. The Balaban J connectivity index is 0. The molecule has 0 amide bonds. The molecule has 0 atom stereocenters. The van der Waals surface area contributed by atoms with Crippen LogP contribution in [0.1, 0.15) is 19.8 Å². The normalized spacial score (nSPS) is 11.3. The van der Waals surface area contributed by atoms with Crippen LogP contribution in [0.25, 0.3) is 0 Å². The summed E-state index contributed by atoms with van der Waals surface area (Å²) in [5.74, 6) is 0.875. The Hall–Kier alpha value is -0.0800. The third-order valence-electron chi connectivity index (χ3n) is 2.26. The zero-order valence-electron chi connectivity index (χ0n) is 12.2. The number of hydrogen-bond acceptors (Lipinski definition) is 3. The fourth-order valence-corrected chi connectivity index (χ4v) is 1.35. The van der Waals surface area contributed by atoms with E-state index in [1.54, 1.807) is 7.05 Å². The van der Waals surface area contributed by atoms with Crippen LogP contribution in [-0.2, 0) is 4.74 Å². The molecule has 0 saturated heterocycles. The summed E-state index contributed by atoms with van der Waals surface area (Å²) in [7, 11) is 5.96. The van der Waals surface area contributed by atoms with Crippen LogP contribution in [0.5, 0.6) is 0 Å². The topological polar surface area (TPSA) is 48.9 Å². The van der Waals surface area contributed by atoms with Crippen molar-refractivity contribution in [1.29, 1.82) is 0 Å². The predicted molar refractivity (Wildman–Crippen MR) is 89.1 cm³/mol. The summed E-state index contributed by atoms with van der Waals surface area (Å²) < 4.78 is 5.27. The van der Waals surface area contributed by atoms with Gasteiger partial charge in [-0.25, -0.2) is 0 Å². The van der Waals surface area contributed by atoms with E-state index in [0.29, 0.717) is 0 Å². The van der Waals surface area contributed by atoms with Crippen molar-refractivity contribution in [1.82, 2.24) is 15.5 Å². The fraction of sp³-hybridized carbons (Fsp3) is 0.917. The molecule has 0 rings (SSSR count). The second kappa shape index (κ2) is 15.0. The second-order valence-corrected chi connectivity index (χ2v) is 4.13. The molecule has 2 N–H and O–H groups in total. The number of hydrogen-bond donors (Lipinski definition) is 2. The number of nitrogens with zero attached hydrogens (tertiary/aromatic N) is 2. The zero-order valence-corrected chi connectivity index (χ0v) is 14.5. The minimum atomic E-state index is 0. The Bertz CT molecular complexity index is 201. The lowest BCUT2D eigenvalue weighted by Crippen LogP contribution is -2.39. The van der Waals surface area contributed by atoms with E-state index < -0.39 is 0 Å². The smallest absolute Gasteiger partial charge is 0.190 e. The van der Waals surface area contributed by atoms with Crippen LogP contribution in [0.3, 0.4) is 0 Å². The van der Waals surface area contributed by atoms with Crippen molar-refractivity contribution in [2.24, 2.45) is 4.99 Å². The molecule has 0 saturated carbocycles. The molecule has 0 aromatic carbocycles. The second-order valence-electron chi connectivity index (χ2n) is 4.13. The van der Waals surface area contributed by atoms with Crippen molar-refractivity contribution in [2.45, 2.75) is 19.8 Å². The Kier molecular flexibility index (Phi) is 16.8. The van der Waals surface area contributed by atoms with E-state index in [9.17, 15) is 0 Å². The molecule has 0 aliphatic rings. The molecular weight excluding hydrogens is 343 g/mol. The summed E-state index contributed by atoms with van der Waals surface area (Å²) in [5.41, 5.74) is 0. The Morgan fingerprint density at radius 2 is 1.78 bits per heavy atom. The van der Waals surface area contributed by atoms with E-state index in [2.05, 4.69) is 34.6 Å². The first-order valence-electron chi connectivity index (χ1n) is 6.37. The van der Waals surface area contributed by atoms with Gasteiger partial charge in [-0.2, -0.15) is 0 Å². The summed E-state index contributed by atoms with van der Waals surface area (Å²) in [6, 6.07) is 0. The van der Waals surface area contributed by atoms with Gasteiger partial charge in [0, 0.05) is 33.4 Å². The number of halogens is 1. The first kappa shape index (κ1) is 20.2. The van der Waals surface area contributed by atoms with Crippen molar-refractivity contribution < 1.29 is 4.74 Å². The van der Waals surface area contributed by atoms with Crippen LogP contribution >= 0.6 is 24.0 Å². The van der Waals surface area contributed by atoms with Gasteiger partial charge in [-0.05, 0) is 40.4 Å². The van der Waals surface area contributed by atoms with Gasteiger partial charge in [-0.15, -0.1) is 24.0 Å². The van der Waals surface area contributed by atoms with E-state index in [1.165, 1.54) is 0 Å². The monoisotopic (exact) mass is 372 g/mol. The van der Waals surface area contributed by atoms with Gasteiger partial charge in [-0.3, -0.25) is 4.99 Å². The number of nitrogens with one attached hydrogen (secondary N) is 2. The van der Waals surface area contributed by atoms with Gasteiger partial charge in [-0.1, -0.05) is 0 Å². The summed E-state index contributed by atoms with van der Waals surface area (Å²) in [6.45, 7) is 6.54. The zero-order chi connectivity index (χ0) is 12.9. The molecule has 0 aliphatic carbocycles. The lowest BCUT2D eigenvalue weighted by Gasteiger charge is -2.13. The van der Waals surface area contributed by atoms with Crippen LogP contribution in [-0.4, -0.2) is 64.9 Å². The van der Waals surface area contributed by atoms with Crippen molar-refractivity contribution in [3.05, 3.63) is 0 Å². The number of guanidine groups is 1. The van der Waals surface area contributed by atoms with Crippen molar-refractivity contribution in [2.75, 3.05) is 54.0 Å². The predicted octanol–water partition coefficient (Wildman–Crippen LogP) is 1.15. The van der Waals surface area contributed by atoms with E-state index in [-0.39, 0.29) is 24.0 Å². The molecule has 0 radical (unpaired) electrons. The van der Waals surface area contributed by atoms with Gasteiger partial charge < -0.3 is 20.3 Å². The van der Waals surface area contributed by atoms with Crippen molar-refractivity contribution in [3.63, 3.8) is 0 Å². The number of aliphatic imine (C=N–C) groups is 1. The van der Waals surface area contributed by atoms with Gasteiger partial charge in [0.2, 0.25) is 0 Å². The van der Waals surface area contributed by atoms with E-state index in [0.717, 1.165) is 51.6 Å². The maximum atomic E-state index is 5.27. The van der Waals surface area contributed by atoms with Crippen LogP contribution < -0.4 is 10.6 Å². The summed E-state index contributed by atoms with van der Waals surface area (Å²) >= 11 is 0. The molecule has 18 heavy (non-hydrogen) atoms. The highest BCUT2D eigenvalue weighted by molar-refractivity contribution is 14.0. The molecule has 6 heteroatoms. The van der Waals surface area contributed by atoms with E-state index in [4.69, 9.17) is 4.74 Å². The molecule has 0 aliphatic heterocycles. The number of ether oxygens (including phenoxy) is 1. The first-order chi connectivity index (χ1) is 8.20. The average Bonchev–Trinajstić information content (AvgIpc) is 2.31. The number of rotatable bonds is 9. The third kappa shape index (κ3) is 14.0. The third-order valence-corrected chi connectivity index (χ3v) is 2.26.